The number of fused-ring (bicyclic) bond motifs is 1. The van der Waals surface area contributed by atoms with Gasteiger partial charge in [-0.25, -0.2) is 15.0 Å². The molecule has 4 rings (SSSR count). The molecule has 0 amide bonds. The van der Waals surface area contributed by atoms with E-state index in [2.05, 4.69) is 19.9 Å². The van der Waals surface area contributed by atoms with Crippen LogP contribution in [0.5, 0.6) is 0 Å². The lowest BCUT2D eigenvalue weighted by Crippen LogP contribution is -2.07. The molecule has 3 aromatic heterocycles. The van der Waals surface area contributed by atoms with Crippen LogP contribution in [0.25, 0.3) is 28.1 Å². The minimum absolute atomic E-state index is 0.190. The van der Waals surface area contributed by atoms with Gasteiger partial charge in [-0.05, 0) is 30.7 Å². The average molecular weight is 368 g/mol. The third kappa shape index (κ3) is 2.81. The Morgan fingerprint density at radius 2 is 1.96 bits per heavy atom. The highest BCUT2D eigenvalue weighted by molar-refractivity contribution is 5.87. The van der Waals surface area contributed by atoms with Crippen LogP contribution in [-0.2, 0) is 6.18 Å². The highest BCUT2D eigenvalue weighted by atomic mass is 19.4. The molecule has 4 aromatic rings. The summed E-state index contributed by atoms with van der Waals surface area (Å²) in [6.07, 6.45) is -0.0622. The van der Waals surface area contributed by atoms with Gasteiger partial charge >= 0.3 is 6.18 Å². The zero-order valence-corrected chi connectivity index (χ0v) is 13.9. The van der Waals surface area contributed by atoms with Crippen LogP contribution in [0.4, 0.5) is 13.2 Å². The molecule has 0 saturated carbocycles. The fraction of sp³-hybridized carbons (Fsp3) is 0.111. The standard InChI is InChI=1S/C18H11F3N6/c1-10-2-3-12(18(19,20)21)5-14(10)27-7-11(4-13(27)6-22)15-16-17(25-8-23-15)26-9-24-16/h2-5,7-9H,1H3,(H,23,24,25,26). The van der Waals surface area contributed by atoms with E-state index < -0.39 is 11.7 Å². The Kier molecular flexibility index (Phi) is 3.70. The van der Waals surface area contributed by atoms with Crippen molar-refractivity contribution in [3.63, 3.8) is 0 Å². The summed E-state index contributed by atoms with van der Waals surface area (Å²) in [5, 5.41) is 9.49. The molecule has 27 heavy (non-hydrogen) atoms. The van der Waals surface area contributed by atoms with Crippen LogP contribution >= 0.6 is 0 Å². The van der Waals surface area contributed by atoms with Crippen molar-refractivity contribution in [3.05, 3.63) is 59.9 Å². The van der Waals surface area contributed by atoms with Crippen LogP contribution in [0.15, 0.2) is 43.1 Å². The molecule has 0 unspecified atom stereocenters. The van der Waals surface area contributed by atoms with E-state index in [0.717, 1.165) is 12.1 Å². The van der Waals surface area contributed by atoms with Crippen LogP contribution in [0, 0.1) is 18.3 Å². The summed E-state index contributed by atoms with van der Waals surface area (Å²) in [7, 11) is 0. The molecule has 9 heteroatoms. The minimum atomic E-state index is -4.47. The minimum Gasteiger partial charge on any atom is -0.329 e. The second-order valence-corrected chi connectivity index (χ2v) is 5.92. The molecule has 0 saturated heterocycles. The topological polar surface area (TPSA) is 83.2 Å². The highest BCUT2D eigenvalue weighted by Crippen LogP contribution is 2.33. The molecule has 0 spiro atoms. The number of imidazole rings is 1. The number of halogens is 3. The van der Waals surface area contributed by atoms with Gasteiger partial charge in [0, 0.05) is 17.4 Å². The predicted molar refractivity (Wildman–Crippen MR) is 90.9 cm³/mol. The molecule has 134 valence electrons. The van der Waals surface area contributed by atoms with Gasteiger partial charge in [-0.3, -0.25) is 0 Å². The third-order valence-electron chi connectivity index (χ3n) is 4.22. The number of nitriles is 1. The maximum atomic E-state index is 13.1. The molecule has 3 heterocycles. The monoisotopic (exact) mass is 368 g/mol. The van der Waals surface area contributed by atoms with Crippen molar-refractivity contribution in [2.45, 2.75) is 13.1 Å². The summed E-state index contributed by atoms with van der Waals surface area (Å²) in [4.78, 5) is 15.3. The first kappa shape index (κ1) is 16.8. The van der Waals surface area contributed by atoms with Crippen LogP contribution < -0.4 is 0 Å². The van der Waals surface area contributed by atoms with Crippen molar-refractivity contribution < 1.29 is 13.2 Å². The molecule has 0 atom stereocenters. The SMILES string of the molecule is Cc1ccc(C(F)(F)F)cc1-n1cc(-c2ncnc3[nH]cnc23)cc1C#N. The van der Waals surface area contributed by atoms with Gasteiger partial charge < -0.3 is 9.55 Å². The number of hydrogen-bond donors (Lipinski definition) is 1. The normalized spacial score (nSPS) is 11.7. The fourth-order valence-corrected chi connectivity index (χ4v) is 2.90. The summed E-state index contributed by atoms with van der Waals surface area (Å²) in [5.41, 5.74) is 2.38. The van der Waals surface area contributed by atoms with Crippen LogP contribution in [-0.4, -0.2) is 24.5 Å². The Labute approximate surface area is 150 Å². The molecule has 0 aliphatic heterocycles. The molecule has 0 aliphatic carbocycles. The lowest BCUT2D eigenvalue weighted by Gasteiger charge is -2.13. The summed E-state index contributed by atoms with van der Waals surface area (Å²) in [6.45, 7) is 1.69. The zero-order chi connectivity index (χ0) is 19.2. The smallest absolute Gasteiger partial charge is 0.329 e. The number of rotatable bonds is 2. The molecule has 0 aliphatic rings. The van der Waals surface area contributed by atoms with Gasteiger partial charge in [0.1, 0.15) is 29.3 Å². The van der Waals surface area contributed by atoms with Gasteiger partial charge in [0.05, 0.1) is 11.9 Å². The van der Waals surface area contributed by atoms with Crippen molar-refractivity contribution in [2.24, 2.45) is 0 Å². The molecule has 0 bridgehead atoms. The number of H-pyrrole nitrogens is 1. The van der Waals surface area contributed by atoms with E-state index >= 15 is 0 Å². The van der Waals surface area contributed by atoms with Gasteiger partial charge in [0.15, 0.2) is 5.65 Å². The Balaban J connectivity index is 1.92. The van der Waals surface area contributed by atoms with E-state index in [1.807, 2.05) is 6.07 Å². The highest BCUT2D eigenvalue weighted by Gasteiger charge is 2.31. The lowest BCUT2D eigenvalue weighted by atomic mass is 10.1. The Morgan fingerprint density at radius 3 is 2.70 bits per heavy atom. The van der Waals surface area contributed by atoms with E-state index in [9.17, 15) is 18.4 Å². The van der Waals surface area contributed by atoms with Crippen molar-refractivity contribution in [1.29, 1.82) is 5.26 Å². The van der Waals surface area contributed by atoms with E-state index in [1.165, 1.54) is 23.3 Å². The summed E-state index contributed by atoms with van der Waals surface area (Å²) < 4.78 is 40.7. The summed E-state index contributed by atoms with van der Waals surface area (Å²) >= 11 is 0. The van der Waals surface area contributed by atoms with E-state index in [-0.39, 0.29) is 11.4 Å². The second kappa shape index (κ2) is 5.95. The third-order valence-corrected chi connectivity index (χ3v) is 4.22. The second-order valence-electron chi connectivity index (χ2n) is 5.92. The van der Waals surface area contributed by atoms with E-state index in [1.54, 1.807) is 19.2 Å². The molecule has 1 aromatic carbocycles. The summed E-state index contributed by atoms with van der Waals surface area (Å²) in [6, 6.07) is 7.02. The molecule has 0 radical (unpaired) electrons. The molecule has 0 fully saturated rings. The van der Waals surface area contributed by atoms with Gasteiger partial charge in [0.2, 0.25) is 0 Å². The number of nitrogens with one attached hydrogen (secondary N) is 1. The van der Waals surface area contributed by atoms with Crippen molar-refractivity contribution >= 4 is 11.2 Å². The van der Waals surface area contributed by atoms with Gasteiger partial charge in [-0.1, -0.05) is 6.07 Å². The molecular weight excluding hydrogens is 357 g/mol. The number of aromatic amines is 1. The molecular formula is C18H11F3N6. The predicted octanol–water partition coefficient (Wildman–Crippen LogP) is 4.01. The van der Waals surface area contributed by atoms with Gasteiger partial charge in [-0.15, -0.1) is 0 Å². The van der Waals surface area contributed by atoms with Gasteiger partial charge in [-0.2, -0.15) is 18.4 Å². The molecule has 6 nitrogen and oxygen atoms in total. The number of hydrogen-bond acceptors (Lipinski definition) is 4. The average Bonchev–Trinajstić information content (AvgIpc) is 3.27. The lowest BCUT2D eigenvalue weighted by molar-refractivity contribution is -0.137. The Bertz CT molecular complexity index is 1200. The maximum Gasteiger partial charge on any atom is 0.416 e. The molecule has 1 N–H and O–H groups in total. The van der Waals surface area contributed by atoms with Crippen molar-refractivity contribution in [1.82, 2.24) is 24.5 Å². The van der Waals surface area contributed by atoms with Crippen LogP contribution in [0.3, 0.4) is 0 Å². The number of aryl methyl sites for hydroxylation is 1. The fourth-order valence-electron chi connectivity index (χ4n) is 2.90. The first-order valence-corrected chi connectivity index (χ1v) is 7.83. The number of aromatic nitrogens is 5. The van der Waals surface area contributed by atoms with Crippen LogP contribution in [0.1, 0.15) is 16.8 Å². The quantitative estimate of drug-likeness (QED) is 0.579. The van der Waals surface area contributed by atoms with Crippen molar-refractivity contribution in [3.8, 4) is 23.0 Å². The van der Waals surface area contributed by atoms with E-state index in [0.29, 0.717) is 28.0 Å². The van der Waals surface area contributed by atoms with Gasteiger partial charge in [0.25, 0.3) is 0 Å². The van der Waals surface area contributed by atoms with Crippen LogP contribution in [0.2, 0.25) is 0 Å². The zero-order valence-electron chi connectivity index (χ0n) is 13.9. The Morgan fingerprint density at radius 1 is 1.15 bits per heavy atom. The maximum absolute atomic E-state index is 13.1. The first-order valence-electron chi connectivity index (χ1n) is 7.83. The largest absolute Gasteiger partial charge is 0.416 e. The number of alkyl halides is 3. The Hall–Kier alpha value is -3.67. The summed E-state index contributed by atoms with van der Waals surface area (Å²) in [5.74, 6) is 0. The van der Waals surface area contributed by atoms with Crippen molar-refractivity contribution in [2.75, 3.05) is 0 Å². The number of nitrogens with zero attached hydrogens (tertiary/aromatic N) is 5. The number of benzene rings is 1. The van der Waals surface area contributed by atoms with E-state index in [4.69, 9.17) is 0 Å². The first-order chi connectivity index (χ1) is 12.9.